The molecule has 1 aromatic rings. The molecular formula is C11H13F3O3S2. The number of halogens is 3. The van der Waals surface area contributed by atoms with E-state index < -0.39 is 20.2 Å². The van der Waals surface area contributed by atoms with Crippen LogP contribution in [0.2, 0.25) is 0 Å². The lowest BCUT2D eigenvalue weighted by Crippen LogP contribution is -2.23. The van der Waals surface area contributed by atoms with Crippen molar-refractivity contribution < 1.29 is 26.7 Å². The summed E-state index contributed by atoms with van der Waals surface area (Å²) >= 11 is 1.36. The van der Waals surface area contributed by atoms with Crippen molar-refractivity contribution in [3.05, 3.63) is 24.3 Å². The van der Waals surface area contributed by atoms with Gasteiger partial charge in [-0.25, -0.2) is 8.42 Å². The predicted molar refractivity (Wildman–Crippen MR) is 66.7 cm³/mol. The van der Waals surface area contributed by atoms with E-state index in [1.165, 1.54) is 23.9 Å². The molecule has 0 saturated heterocycles. The average Bonchev–Trinajstić information content (AvgIpc) is 2.28. The molecule has 19 heavy (non-hydrogen) atoms. The van der Waals surface area contributed by atoms with E-state index in [1.54, 1.807) is 0 Å². The quantitative estimate of drug-likeness (QED) is 0.849. The molecule has 0 aliphatic heterocycles. The number of rotatable bonds is 5. The van der Waals surface area contributed by atoms with Gasteiger partial charge in [-0.05, 0) is 30.7 Å². The van der Waals surface area contributed by atoms with Crippen molar-refractivity contribution in [2.24, 2.45) is 0 Å². The first-order valence-electron chi connectivity index (χ1n) is 5.37. The molecule has 1 unspecified atom stereocenters. The molecule has 1 N–H and O–H groups in total. The maximum Gasteiger partial charge on any atom is 0.501 e. The lowest BCUT2D eigenvalue weighted by atomic mass is 10.3. The van der Waals surface area contributed by atoms with Gasteiger partial charge in [-0.3, -0.25) is 0 Å². The molecule has 0 amide bonds. The van der Waals surface area contributed by atoms with Gasteiger partial charge in [0.05, 0.1) is 4.90 Å². The smallest absolute Gasteiger partial charge is 0.396 e. The SMILES string of the molecule is CC(CCO)Sc1ccc(S(=O)(=O)C(F)(F)F)cc1. The molecule has 8 heteroatoms. The topological polar surface area (TPSA) is 54.4 Å². The van der Waals surface area contributed by atoms with Crippen molar-refractivity contribution in [2.75, 3.05) is 6.61 Å². The van der Waals surface area contributed by atoms with Crippen LogP contribution in [-0.2, 0) is 9.84 Å². The largest absolute Gasteiger partial charge is 0.501 e. The fourth-order valence-electron chi connectivity index (χ4n) is 1.30. The van der Waals surface area contributed by atoms with Crippen molar-refractivity contribution in [2.45, 2.75) is 33.9 Å². The van der Waals surface area contributed by atoms with Gasteiger partial charge in [0.15, 0.2) is 0 Å². The van der Waals surface area contributed by atoms with Gasteiger partial charge in [-0.1, -0.05) is 6.92 Å². The number of aliphatic hydroxyl groups excluding tert-OH is 1. The Morgan fingerprint density at radius 3 is 2.21 bits per heavy atom. The van der Waals surface area contributed by atoms with Crippen LogP contribution in [-0.4, -0.2) is 30.9 Å². The number of benzene rings is 1. The Morgan fingerprint density at radius 2 is 1.79 bits per heavy atom. The van der Waals surface area contributed by atoms with Gasteiger partial charge < -0.3 is 5.11 Å². The van der Waals surface area contributed by atoms with E-state index in [0.717, 1.165) is 12.1 Å². The Labute approximate surface area is 113 Å². The molecule has 1 rings (SSSR count). The molecule has 0 aliphatic rings. The summed E-state index contributed by atoms with van der Waals surface area (Å²) < 4.78 is 59.2. The summed E-state index contributed by atoms with van der Waals surface area (Å²) in [6, 6.07) is 4.54. The third-order valence-electron chi connectivity index (χ3n) is 2.31. The monoisotopic (exact) mass is 314 g/mol. The Balaban J connectivity index is 2.89. The number of hydrogen-bond acceptors (Lipinski definition) is 4. The molecule has 1 atom stereocenters. The summed E-state index contributed by atoms with van der Waals surface area (Å²) in [6.45, 7) is 1.88. The lowest BCUT2D eigenvalue weighted by Gasteiger charge is -2.11. The van der Waals surface area contributed by atoms with Crippen molar-refractivity contribution >= 4 is 21.6 Å². The summed E-state index contributed by atoms with van der Waals surface area (Å²) in [5, 5.41) is 8.83. The first kappa shape index (κ1) is 16.3. The number of aliphatic hydroxyl groups is 1. The normalized spacial score (nSPS) is 14.4. The standard InChI is InChI=1S/C11H13F3O3S2/c1-8(6-7-15)18-9-2-4-10(5-3-9)19(16,17)11(12,13)14/h2-5,8,15H,6-7H2,1H3. The second-order valence-electron chi connectivity index (χ2n) is 3.86. The predicted octanol–water partition coefficient (Wildman–Crippen LogP) is 2.84. The number of hydrogen-bond donors (Lipinski definition) is 1. The molecule has 3 nitrogen and oxygen atoms in total. The first-order chi connectivity index (χ1) is 8.68. The van der Waals surface area contributed by atoms with Gasteiger partial charge in [0, 0.05) is 16.8 Å². The highest BCUT2D eigenvalue weighted by molar-refractivity contribution is 8.00. The van der Waals surface area contributed by atoms with Crippen LogP contribution in [0.15, 0.2) is 34.1 Å². The van der Waals surface area contributed by atoms with Crippen LogP contribution in [0.3, 0.4) is 0 Å². The average molecular weight is 314 g/mol. The van der Waals surface area contributed by atoms with Crippen LogP contribution < -0.4 is 0 Å². The van der Waals surface area contributed by atoms with Crippen LogP contribution >= 0.6 is 11.8 Å². The van der Waals surface area contributed by atoms with E-state index in [0.29, 0.717) is 11.3 Å². The molecule has 1 aromatic carbocycles. The van der Waals surface area contributed by atoms with Crippen LogP contribution in [0.25, 0.3) is 0 Å². The fraction of sp³-hybridized carbons (Fsp3) is 0.455. The third-order valence-corrected chi connectivity index (χ3v) is 5.00. The van der Waals surface area contributed by atoms with Crippen molar-refractivity contribution in [3.63, 3.8) is 0 Å². The summed E-state index contributed by atoms with van der Waals surface area (Å²) in [5.74, 6) is 0. The van der Waals surface area contributed by atoms with E-state index in [2.05, 4.69) is 0 Å². The molecule has 0 aromatic heterocycles. The highest BCUT2D eigenvalue weighted by atomic mass is 32.2. The minimum absolute atomic E-state index is 0.0225. The number of sulfone groups is 1. The molecule has 0 radical (unpaired) electrons. The molecule has 0 saturated carbocycles. The first-order valence-corrected chi connectivity index (χ1v) is 7.73. The summed E-state index contributed by atoms with van der Waals surface area (Å²) in [5.41, 5.74) is -5.29. The van der Waals surface area contributed by atoms with Crippen LogP contribution in [0, 0.1) is 0 Å². The van der Waals surface area contributed by atoms with Crippen LogP contribution in [0.1, 0.15) is 13.3 Å². The van der Waals surface area contributed by atoms with E-state index in [1.807, 2.05) is 6.92 Å². The van der Waals surface area contributed by atoms with Gasteiger partial charge >= 0.3 is 5.51 Å². The molecule has 0 spiro atoms. The Kier molecular flexibility index (Phi) is 5.28. The van der Waals surface area contributed by atoms with Crippen molar-refractivity contribution in [1.82, 2.24) is 0 Å². The Bertz CT molecular complexity index is 509. The molecule has 0 aliphatic carbocycles. The van der Waals surface area contributed by atoms with Gasteiger partial charge in [0.25, 0.3) is 9.84 Å². The maximum atomic E-state index is 12.3. The third kappa shape index (κ3) is 4.12. The summed E-state index contributed by atoms with van der Waals surface area (Å²) in [7, 11) is -5.28. The van der Waals surface area contributed by atoms with Crippen molar-refractivity contribution in [3.8, 4) is 0 Å². The highest BCUT2D eigenvalue weighted by Crippen LogP contribution is 2.32. The van der Waals surface area contributed by atoms with E-state index in [4.69, 9.17) is 5.11 Å². The van der Waals surface area contributed by atoms with Gasteiger partial charge in [0.2, 0.25) is 0 Å². The van der Waals surface area contributed by atoms with E-state index in [9.17, 15) is 21.6 Å². The zero-order chi connectivity index (χ0) is 14.7. The minimum Gasteiger partial charge on any atom is -0.396 e. The van der Waals surface area contributed by atoms with Crippen molar-refractivity contribution in [1.29, 1.82) is 0 Å². The van der Waals surface area contributed by atoms with Crippen LogP contribution in [0.4, 0.5) is 13.2 Å². The minimum atomic E-state index is -5.29. The molecule has 0 bridgehead atoms. The van der Waals surface area contributed by atoms with E-state index >= 15 is 0 Å². The summed E-state index contributed by atoms with van der Waals surface area (Å²) in [4.78, 5) is -0.110. The van der Waals surface area contributed by atoms with Crippen LogP contribution in [0.5, 0.6) is 0 Å². The maximum absolute atomic E-state index is 12.3. The summed E-state index contributed by atoms with van der Waals surface area (Å²) in [6.07, 6.45) is 0.549. The fourth-order valence-corrected chi connectivity index (χ4v) is 3.05. The highest BCUT2D eigenvalue weighted by Gasteiger charge is 2.46. The van der Waals surface area contributed by atoms with Gasteiger partial charge in [0.1, 0.15) is 0 Å². The second-order valence-corrected chi connectivity index (χ2v) is 7.31. The Hall–Kier alpha value is -0.730. The molecule has 0 heterocycles. The number of thioether (sulfide) groups is 1. The zero-order valence-corrected chi connectivity index (χ0v) is 11.6. The molecular weight excluding hydrogens is 301 g/mol. The second kappa shape index (κ2) is 6.15. The number of alkyl halides is 3. The van der Waals surface area contributed by atoms with Gasteiger partial charge in [-0.15, -0.1) is 11.8 Å². The molecule has 0 fully saturated rings. The Morgan fingerprint density at radius 1 is 1.26 bits per heavy atom. The van der Waals surface area contributed by atoms with E-state index in [-0.39, 0.29) is 11.9 Å². The zero-order valence-electron chi connectivity index (χ0n) is 10.0. The van der Waals surface area contributed by atoms with Gasteiger partial charge in [-0.2, -0.15) is 13.2 Å². The molecule has 108 valence electrons. The lowest BCUT2D eigenvalue weighted by molar-refractivity contribution is -0.0436.